The molecule has 0 spiro atoms. The highest BCUT2D eigenvalue weighted by molar-refractivity contribution is 5.90. The number of hydrogen-bond donors (Lipinski definition) is 1. The van der Waals surface area contributed by atoms with Crippen LogP contribution in [0.15, 0.2) is 16.7 Å². The first kappa shape index (κ1) is 16.0. The highest BCUT2D eigenvalue weighted by Gasteiger charge is 2.26. The molecular weight excluding hydrogens is 268 g/mol. The van der Waals surface area contributed by atoms with E-state index in [2.05, 4.69) is 11.8 Å². The molecule has 1 aromatic rings. The zero-order valence-corrected chi connectivity index (χ0v) is 13.0. The number of nitrogens with two attached hydrogens (primary N) is 1. The highest BCUT2D eigenvalue weighted by atomic mass is 16.5. The minimum atomic E-state index is -0.333. The van der Waals surface area contributed by atoms with Crippen LogP contribution in [0.2, 0.25) is 0 Å². The van der Waals surface area contributed by atoms with Crippen LogP contribution in [0.25, 0.3) is 0 Å². The van der Waals surface area contributed by atoms with Crippen molar-refractivity contribution in [2.45, 2.75) is 57.7 Å². The molecule has 1 aliphatic carbocycles. The third-order valence-electron chi connectivity index (χ3n) is 4.27. The quantitative estimate of drug-likeness (QED) is 0.817. The highest BCUT2D eigenvalue weighted by Crippen LogP contribution is 2.25. The average Bonchev–Trinajstić information content (AvgIpc) is 2.95. The van der Waals surface area contributed by atoms with E-state index in [1.807, 2.05) is 0 Å². The molecule has 5 nitrogen and oxygen atoms in total. The molecule has 118 valence electrons. The Kier molecular flexibility index (Phi) is 5.82. The number of hydrogen-bond acceptors (Lipinski definition) is 5. The maximum atomic E-state index is 11.7. The van der Waals surface area contributed by atoms with Crippen molar-refractivity contribution in [3.63, 3.8) is 0 Å². The first-order valence-corrected chi connectivity index (χ1v) is 7.80. The maximum Gasteiger partial charge on any atom is 0.341 e. The van der Waals surface area contributed by atoms with E-state index in [1.54, 1.807) is 12.3 Å². The van der Waals surface area contributed by atoms with Gasteiger partial charge in [0.1, 0.15) is 11.3 Å². The number of carbonyl (C=O) groups excluding carboxylic acids is 1. The van der Waals surface area contributed by atoms with Gasteiger partial charge in [-0.25, -0.2) is 4.79 Å². The van der Waals surface area contributed by atoms with Gasteiger partial charge in [-0.2, -0.15) is 0 Å². The molecule has 0 aliphatic heterocycles. The monoisotopic (exact) mass is 294 g/mol. The Morgan fingerprint density at radius 2 is 2.14 bits per heavy atom. The van der Waals surface area contributed by atoms with Crippen LogP contribution >= 0.6 is 0 Å². The van der Waals surface area contributed by atoms with Crippen LogP contribution in [0, 0.1) is 0 Å². The molecule has 0 unspecified atom stereocenters. The lowest BCUT2D eigenvalue weighted by molar-refractivity contribution is 0.0593. The topological polar surface area (TPSA) is 68.7 Å². The molecule has 1 saturated carbocycles. The third-order valence-corrected chi connectivity index (χ3v) is 4.27. The summed E-state index contributed by atoms with van der Waals surface area (Å²) in [5.74, 6) is 0.367. The summed E-state index contributed by atoms with van der Waals surface area (Å²) >= 11 is 0. The Morgan fingerprint density at radius 1 is 1.43 bits per heavy atom. The van der Waals surface area contributed by atoms with Crippen molar-refractivity contribution >= 4 is 5.97 Å². The Balaban J connectivity index is 2.06. The van der Waals surface area contributed by atoms with E-state index in [9.17, 15) is 4.79 Å². The summed E-state index contributed by atoms with van der Waals surface area (Å²) in [7, 11) is 1.39. The van der Waals surface area contributed by atoms with Crippen molar-refractivity contribution in [1.29, 1.82) is 0 Å². The second kappa shape index (κ2) is 7.61. The van der Waals surface area contributed by atoms with Gasteiger partial charge in [-0.1, -0.05) is 6.92 Å². The van der Waals surface area contributed by atoms with Gasteiger partial charge < -0.3 is 14.9 Å². The van der Waals surface area contributed by atoms with Gasteiger partial charge in [0, 0.05) is 12.1 Å². The molecule has 21 heavy (non-hydrogen) atoms. The van der Waals surface area contributed by atoms with Crippen LogP contribution in [-0.4, -0.2) is 36.6 Å². The van der Waals surface area contributed by atoms with E-state index in [1.165, 1.54) is 7.11 Å². The van der Waals surface area contributed by atoms with Gasteiger partial charge in [-0.05, 0) is 44.7 Å². The summed E-state index contributed by atoms with van der Waals surface area (Å²) in [4.78, 5) is 14.2. The van der Waals surface area contributed by atoms with Crippen molar-refractivity contribution in [2.75, 3.05) is 13.7 Å². The van der Waals surface area contributed by atoms with Crippen molar-refractivity contribution in [3.8, 4) is 0 Å². The van der Waals surface area contributed by atoms with E-state index in [0.29, 0.717) is 30.0 Å². The molecule has 0 aromatic carbocycles. The number of carbonyl (C=O) groups is 1. The van der Waals surface area contributed by atoms with Crippen molar-refractivity contribution in [3.05, 3.63) is 23.7 Å². The molecule has 0 saturated heterocycles. The summed E-state index contributed by atoms with van der Waals surface area (Å²) < 4.78 is 10.3. The average molecular weight is 294 g/mol. The Labute approximate surface area is 126 Å². The summed E-state index contributed by atoms with van der Waals surface area (Å²) in [6.45, 7) is 3.83. The van der Waals surface area contributed by atoms with Gasteiger partial charge in [0.2, 0.25) is 0 Å². The molecule has 1 aliphatic rings. The first-order valence-electron chi connectivity index (χ1n) is 7.80. The van der Waals surface area contributed by atoms with E-state index in [0.717, 1.165) is 38.6 Å². The lowest BCUT2D eigenvalue weighted by Crippen LogP contribution is -2.41. The van der Waals surface area contributed by atoms with Crippen molar-refractivity contribution in [1.82, 2.24) is 4.90 Å². The zero-order chi connectivity index (χ0) is 15.2. The standard InChI is InChI=1S/C16H26N2O3/c1-3-9-18(13-6-4-12(17)5-7-13)11-15-14(8-10-21-15)16(19)20-2/h8,10,12-13H,3-7,9,11,17H2,1-2H3. The zero-order valence-electron chi connectivity index (χ0n) is 13.0. The molecule has 1 aromatic heterocycles. The summed E-state index contributed by atoms with van der Waals surface area (Å²) in [5, 5.41) is 0. The van der Waals surface area contributed by atoms with E-state index < -0.39 is 0 Å². The van der Waals surface area contributed by atoms with E-state index >= 15 is 0 Å². The normalized spacial score (nSPS) is 22.5. The molecule has 1 fully saturated rings. The first-order chi connectivity index (χ1) is 10.2. The van der Waals surface area contributed by atoms with Crippen LogP contribution in [0.5, 0.6) is 0 Å². The number of furan rings is 1. The smallest absolute Gasteiger partial charge is 0.341 e. The summed E-state index contributed by atoms with van der Waals surface area (Å²) in [6, 6.07) is 2.56. The van der Waals surface area contributed by atoms with Gasteiger partial charge in [-0.3, -0.25) is 4.90 Å². The lowest BCUT2D eigenvalue weighted by atomic mass is 9.90. The second-order valence-corrected chi connectivity index (χ2v) is 5.79. The molecule has 0 atom stereocenters. The summed E-state index contributed by atoms with van der Waals surface area (Å²) in [5.41, 5.74) is 6.52. The summed E-state index contributed by atoms with van der Waals surface area (Å²) in [6.07, 6.45) is 7.03. The van der Waals surface area contributed by atoms with Gasteiger partial charge in [0.25, 0.3) is 0 Å². The van der Waals surface area contributed by atoms with Gasteiger partial charge >= 0.3 is 5.97 Å². The molecule has 0 radical (unpaired) electrons. The largest absolute Gasteiger partial charge is 0.467 e. The maximum absolute atomic E-state index is 11.7. The molecular formula is C16H26N2O3. The molecule has 5 heteroatoms. The lowest BCUT2D eigenvalue weighted by Gasteiger charge is -2.35. The number of esters is 1. The van der Waals surface area contributed by atoms with Crippen LogP contribution < -0.4 is 5.73 Å². The minimum Gasteiger partial charge on any atom is -0.467 e. The minimum absolute atomic E-state index is 0.333. The number of methoxy groups -OCH3 is 1. The number of nitrogens with zero attached hydrogens (tertiary/aromatic N) is 1. The fourth-order valence-corrected chi connectivity index (χ4v) is 3.08. The molecule has 2 N–H and O–H groups in total. The van der Waals surface area contributed by atoms with Crippen LogP contribution in [0.3, 0.4) is 0 Å². The fraction of sp³-hybridized carbons (Fsp3) is 0.688. The van der Waals surface area contributed by atoms with Crippen LogP contribution in [-0.2, 0) is 11.3 Å². The van der Waals surface area contributed by atoms with Crippen LogP contribution in [0.4, 0.5) is 0 Å². The molecule has 2 rings (SSSR count). The van der Waals surface area contributed by atoms with Crippen molar-refractivity contribution in [2.24, 2.45) is 5.73 Å². The third kappa shape index (κ3) is 4.08. The van der Waals surface area contributed by atoms with E-state index in [-0.39, 0.29) is 5.97 Å². The Bertz CT molecular complexity index is 450. The molecule has 0 amide bonds. The fourth-order valence-electron chi connectivity index (χ4n) is 3.08. The SMILES string of the molecule is CCCN(Cc1occc1C(=O)OC)C1CCC(N)CC1. The van der Waals surface area contributed by atoms with Gasteiger partial charge in [-0.15, -0.1) is 0 Å². The Morgan fingerprint density at radius 3 is 2.76 bits per heavy atom. The second-order valence-electron chi connectivity index (χ2n) is 5.79. The molecule has 0 bridgehead atoms. The Hall–Kier alpha value is -1.33. The predicted molar refractivity (Wildman–Crippen MR) is 81.0 cm³/mol. The van der Waals surface area contributed by atoms with Crippen LogP contribution in [0.1, 0.15) is 55.1 Å². The van der Waals surface area contributed by atoms with Gasteiger partial charge in [0.15, 0.2) is 0 Å². The number of rotatable bonds is 6. The molecule has 1 heterocycles. The van der Waals surface area contributed by atoms with Crippen molar-refractivity contribution < 1.29 is 13.9 Å². The predicted octanol–water partition coefficient (Wildman–Crippen LogP) is 2.55. The van der Waals surface area contributed by atoms with E-state index in [4.69, 9.17) is 14.9 Å². The number of ether oxygens (including phenoxy) is 1. The van der Waals surface area contributed by atoms with Gasteiger partial charge in [0.05, 0.1) is 19.9 Å².